The molecular formula is C49H55N2O19S5-3. The number of aliphatic carboxylic acids is 1. The number of nitrogens with zero attached hydrogens (tertiary/aromatic N) is 2. The summed E-state index contributed by atoms with van der Waals surface area (Å²) in [6, 6.07) is 8.92. The Morgan fingerprint density at radius 3 is 1.79 bits per heavy atom. The molecule has 2 atom stereocenters. The molecule has 0 aliphatic carbocycles. The average molecular weight is 1140 g/mol. The minimum absolute atomic E-state index is 0.0527. The van der Waals surface area contributed by atoms with Crippen molar-refractivity contribution in [3.05, 3.63) is 108 Å². The fourth-order valence-corrected chi connectivity index (χ4v) is 13.3. The van der Waals surface area contributed by atoms with Crippen LogP contribution in [-0.2, 0) is 75.7 Å². The first kappa shape index (κ1) is 59.0. The number of benzene rings is 4. The summed E-state index contributed by atoms with van der Waals surface area (Å²) in [5.41, 5.74) is 0.454. The Hall–Kier alpha value is -5.23. The van der Waals surface area contributed by atoms with Gasteiger partial charge in [0.2, 0.25) is 5.69 Å². The summed E-state index contributed by atoms with van der Waals surface area (Å²) in [6.45, 7) is 6.63. The van der Waals surface area contributed by atoms with Gasteiger partial charge in [0, 0.05) is 73.0 Å². The summed E-state index contributed by atoms with van der Waals surface area (Å²) < 4.78 is 196. The summed E-state index contributed by atoms with van der Waals surface area (Å²) in [7, 11) is -24.3. The number of rotatable bonds is 25. The van der Waals surface area contributed by atoms with E-state index in [1.165, 1.54) is 25.3 Å². The smallest absolute Gasteiger partial charge is 0.303 e. The molecule has 2 aliphatic heterocycles. The molecule has 0 amide bonds. The average Bonchev–Trinajstić information content (AvgIpc) is 3.68. The first-order valence-electron chi connectivity index (χ1n) is 23.3. The molecule has 0 spiro atoms. The van der Waals surface area contributed by atoms with Crippen molar-refractivity contribution in [1.29, 1.82) is 0 Å². The number of likely N-dealkylation sites (N-methyl/N-ethyl adjacent to an activating group) is 1. The van der Waals surface area contributed by atoms with Crippen LogP contribution in [0.15, 0.2) is 116 Å². The second kappa shape index (κ2) is 22.8. The largest absolute Gasteiger partial charge is 0.744 e. The van der Waals surface area contributed by atoms with E-state index in [-0.39, 0.29) is 79.2 Å². The second-order valence-electron chi connectivity index (χ2n) is 18.3. The number of anilines is 1. The van der Waals surface area contributed by atoms with Gasteiger partial charge in [-0.2, -0.15) is 13.0 Å². The molecule has 0 radical (unpaired) electrons. The van der Waals surface area contributed by atoms with Gasteiger partial charge in [0.05, 0.1) is 44.0 Å². The van der Waals surface area contributed by atoms with Gasteiger partial charge in [-0.1, -0.05) is 36.4 Å². The number of ether oxygens (including phenoxy) is 2. The van der Waals surface area contributed by atoms with Crippen LogP contribution < -0.4 is 4.90 Å². The molecular weight excluding hydrogens is 1080 g/mol. The van der Waals surface area contributed by atoms with Crippen LogP contribution >= 0.6 is 0 Å². The fraction of sp³-hybridized carbons (Fsp3) is 0.388. The van der Waals surface area contributed by atoms with Crippen LogP contribution in [0.4, 0.5) is 11.4 Å². The molecule has 75 heavy (non-hydrogen) atoms. The van der Waals surface area contributed by atoms with E-state index in [2.05, 4.69) is 0 Å². The lowest BCUT2D eigenvalue weighted by Gasteiger charge is -2.30. The number of unbranched alkanes of at least 4 members (excludes halogenated alkanes) is 2. The molecule has 0 saturated heterocycles. The molecule has 26 heteroatoms. The Bertz CT molecular complexity index is 3660. The normalized spacial score (nSPS) is 19.3. The van der Waals surface area contributed by atoms with Crippen LogP contribution in [0.1, 0.15) is 76.8 Å². The maximum atomic E-state index is 12.6. The van der Waals surface area contributed by atoms with E-state index in [4.69, 9.17) is 9.47 Å². The molecule has 21 nitrogen and oxygen atoms in total. The third kappa shape index (κ3) is 13.1. The van der Waals surface area contributed by atoms with Crippen LogP contribution in [0.3, 0.4) is 0 Å². The predicted octanol–water partition coefficient (Wildman–Crippen LogP) is 5.68. The maximum absolute atomic E-state index is 12.6. The van der Waals surface area contributed by atoms with Crippen LogP contribution in [-0.4, -0.2) is 132 Å². The summed E-state index contributed by atoms with van der Waals surface area (Å²) in [6.07, 6.45) is 12.9. The number of carboxylic acids is 1. The highest BCUT2D eigenvalue weighted by Crippen LogP contribution is 2.54. The lowest BCUT2D eigenvalue weighted by molar-refractivity contribution is -0.438. The van der Waals surface area contributed by atoms with E-state index in [0.29, 0.717) is 66.3 Å². The van der Waals surface area contributed by atoms with Gasteiger partial charge in [-0.25, -0.2) is 33.7 Å². The molecule has 6 rings (SSSR count). The van der Waals surface area contributed by atoms with Crippen LogP contribution in [0.5, 0.6) is 0 Å². The Morgan fingerprint density at radius 2 is 1.24 bits per heavy atom. The summed E-state index contributed by atoms with van der Waals surface area (Å²) >= 11 is 0. The SMILES string of the molecule is CCN1C(=CC=CC=CC=CC2=[N+](CCCCCC(=O)O)c3ccc4c(S(=O)(=O)[O-])cc(S(=O)(=O)[O-])cc4c3C2(C)CCCS(=O)(=O)O)C(C)(CCOCCOC)c2c1ccc1c(S(=O)(=O)[O-])cc(S(=O)(=O)[O-])cc21. The molecule has 0 bridgehead atoms. The Labute approximate surface area is 436 Å². The van der Waals surface area contributed by atoms with Crippen molar-refractivity contribution in [1.82, 2.24) is 0 Å². The van der Waals surface area contributed by atoms with Gasteiger partial charge >= 0.3 is 5.97 Å². The number of hydrogen-bond donors (Lipinski definition) is 2. The van der Waals surface area contributed by atoms with Gasteiger partial charge in [-0.3, -0.25) is 9.35 Å². The van der Waals surface area contributed by atoms with E-state index < -0.39 is 92.7 Å². The Morgan fingerprint density at radius 1 is 0.667 bits per heavy atom. The molecule has 408 valence electrons. The fourth-order valence-electron chi connectivity index (χ4n) is 10.1. The van der Waals surface area contributed by atoms with Crippen molar-refractivity contribution >= 4 is 95.2 Å². The van der Waals surface area contributed by atoms with Gasteiger partial charge in [-0.15, -0.1) is 0 Å². The zero-order chi connectivity index (χ0) is 55.5. The van der Waals surface area contributed by atoms with Gasteiger partial charge < -0.3 is 37.7 Å². The first-order valence-corrected chi connectivity index (χ1v) is 30.6. The van der Waals surface area contributed by atoms with Crippen LogP contribution in [0.2, 0.25) is 0 Å². The molecule has 2 unspecified atom stereocenters. The highest BCUT2D eigenvalue weighted by molar-refractivity contribution is 7.87. The van der Waals surface area contributed by atoms with E-state index >= 15 is 0 Å². The number of carboxylic acid groups (broad SMARTS) is 1. The molecule has 0 fully saturated rings. The molecule has 2 heterocycles. The minimum Gasteiger partial charge on any atom is -0.744 e. The zero-order valence-corrected chi connectivity index (χ0v) is 45.2. The number of carbonyl (C=O) groups is 1. The molecule has 0 saturated carbocycles. The van der Waals surface area contributed by atoms with E-state index in [1.807, 2.05) is 23.3 Å². The van der Waals surface area contributed by atoms with Gasteiger partial charge in [0.1, 0.15) is 47.0 Å². The number of hydrogen-bond acceptors (Lipinski definition) is 18. The molecule has 4 aromatic carbocycles. The second-order valence-corrected chi connectivity index (χ2v) is 25.4. The Kier molecular flexibility index (Phi) is 17.9. The minimum atomic E-state index is -5.38. The van der Waals surface area contributed by atoms with Crippen molar-refractivity contribution < 1.29 is 88.8 Å². The van der Waals surface area contributed by atoms with Crippen LogP contribution in [0, 0.1) is 0 Å². The molecule has 0 aromatic heterocycles. The number of methoxy groups -OCH3 is 1. The molecule has 4 aromatic rings. The summed E-state index contributed by atoms with van der Waals surface area (Å²) in [5, 5.41) is 8.95. The van der Waals surface area contributed by atoms with Crippen molar-refractivity contribution in [2.75, 3.05) is 50.7 Å². The number of allylic oxidation sites excluding steroid dienone is 8. The van der Waals surface area contributed by atoms with Gasteiger partial charge in [0.15, 0.2) is 5.71 Å². The van der Waals surface area contributed by atoms with Gasteiger partial charge in [-0.05, 0) is 117 Å². The number of fused-ring (bicyclic) bond motifs is 6. The van der Waals surface area contributed by atoms with Crippen molar-refractivity contribution in [3.63, 3.8) is 0 Å². The van der Waals surface area contributed by atoms with Crippen molar-refractivity contribution in [3.8, 4) is 0 Å². The highest BCUT2D eigenvalue weighted by atomic mass is 32.2. The monoisotopic (exact) mass is 1140 g/mol. The topological polar surface area (TPSA) is 345 Å². The third-order valence-electron chi connectivity index (χ3n) is 13.4. The summed E-state index contributed by atoms with van der Waals surface area (Å²) in [5.74, 6) is -1.69. The third-order valence-corrected chi connectivity index (χ3v) is 17.6. The molecule has 2 N–H and O–H groups in total. The molecule has 2 aliphatic rings. The standard InChI is InChI=1S/C49H58N2O19S5/c1-5-50-39-20-18-35-37(29-33(72(57,58)59)31-41(35)74(63,64)65)46(39)49(3,23-25-70-27-26-69-4)43(50)15-10-7-6-8-11-16-44-48(2,22-14-28-71(54,55)56)47-38-30-34(73(60,61)62)32-42(75(66,67)68)36(38)19-21-40(47)51(44)24-13-9-12-17-45(52)53/h6-8,10-11,15-16,18-21,29-32H,5,9,12-14,17,22-28H2,1-4H3,(H5-,52,53,54,55,56,57,58,59,60,61,62,63,64,65,66,67,68)/p-3. The van der Waals surface area contributed by atoms with E-state index in [1.54, 1.807) is 55.5 Å². The summed E-state index contributed by atoms with van der Waals surface area (Å²) in [4.78, 5) is 9.49. The lowest BCUT2D eigenvalue weighted by atomic mass is 9.74. The highest BCUT2D eigenvalue weighted by Gasteiger charge is 2.49. The predicted molar refractivity (Wildman–Crippen MR) is 272 cm³/mol. The van der Waals surface area contributed by atoms with Crippen LogP contribution in [0.25, 0.3) is 21.5 Å². The van der Waals surface area contributed by atoms with E-state index in [0.717, 1.165) is 12.1 Å². The lowest BCUT2D eigenvalue weighted by Crippen LogP contribution is -2.32. The zero-order valence-electron chi connectivity index (χ0n) is 41.1. The maximum Gasteiger partial charge on any atom is 0.303 e. The quantitative estimate of drug-likeness (QED) is 0.0349. The van der Waals surface area contributed by atoms with Crippen molar-refractivity contribution in [2.45, 2.75) is 96.1 Å². The van der Waals surface area contributed by atoms with E-state index in [9.17, 15) is 74.8 Å². The van der Waals surface area contributed by atoms with Crippen molar-refractivity contribution in [2.24, 2.45) is 0 Å². The first-order chi connectivity index (χ1) is 34.9. The Balaban J connectivity index is 1.46. The van der Waals surface area contributed by atoms with Gasteiger partial charge in [0.25, 0.3) is 10.1 Å².